The zero-order valence-corrected chi connectivity index (χ0v) is 15.9. The quantitative estimate of drug-likeness (QED) is 0.706. The van der Waals surface area contributed by atoms with Gasteiger partial charge in [-0.1, -0.05) is 12.1 Å². The molecule has 1 aliphatic rings. The molecular weight excluding hydrogens is 386 g/mol. The third-order valence-electron chi connectivity index (χ3n) is 3.76. The normalized spacial score (nSPS) is 21.5. The van der Waals surface area contributed by atoms with Crippen LogP contribution in [0.15, 0.2) is 33.6 Å². The Morgan fingerprint density at radius 2 is 2.14 bits per heavy atom. The number of carbonyl (C=O) groups excluding carboxylic acids is 1. The number of nitrogens with zero attached hydrogens (tertiary/aromatic N) is 1. The molecule has 0 bridgehead atoms. The van der Waals surface area contributed by atoms with Gasteiger partial charge in [-0.15, -0.1) is 11.8 Å². The molecule has 1 heterocycles. The van der Waals surface area contributed by atoms with E-state index in [9.17, 15) is 13.2 Å². The number of hydrogen-bond acceptors (Lipinski definition) is 4. The van der Waals surface area contributed by atoms with E-state index in [-0.39, 0.29) is 28.7 Å². The van der Waals surface area contributed by atoms with Gasteiger partial charge in [-0.05, 0) is 48.3 Å². The van der Waals surface area contributed by atoms with Crippen LogP contribution in [-0.2, 0) is 14.6 Å². The van der Waals surface area contributed by atoms with Gasteiger partial charge in [0.2, 0.25) is 5.91 Å². The van der Waals surface area contributed by atoms with Crippen LogP contribution in [-0.4, -0.2) is 48.6 Å². The largest absolute Gasteiger partial charge is 0.338 e. The minimum atomic E-state index is -2.98. The number of rotatable bonds is 5. The average molecular weight is 406 g/mol. The molecule has 1 fully saturated rings. The highest BCUT2D eigenvalue weighted by Crippen LogP contribution is 2.31. The number of halogens is 1. The summed E-state index contributed by atoms with van der Waals surface area (Å²) in [6, 6.07) is 7.60. The summed E-state index contributed by atoms with van der Waals surface area (Å²) in [5.41, 5.74) is 0. The maximum atomic E-state index is 12.7. The summed E-state index contributed by atoms with van der Waals surface area (Å²) in [6.07, 6.45) is 0.550. The van der Waals surface area contributed by atoms with Crippen molar-refractivity contribution in [2.45, 2.75) is 36.5 Å². The molecule has 2 atom stereocenters. The lowest BCUT2D eigenvalue weighted by molar-refractivity contribution is -0.131. The highest BCUT2D eigenvalue weighted by Gasteiger charge is 2.35. The van der Waals surface area contributed by atoms with Gasteiger partial charge in [-0.2, -0.15) is 0 Å². The van der Waals surface area contributed by atoms with Gasteiger partial charge >= 0.3 is 0 Å². The second-order valence-corrected chi connectivity index (χ2v) is 9.84. The summed E-state index contributed by atoms with van der Waals surface area (Å²) in [6.45, 7) is 4.32. The molecule has 2 rings (SSSR count). The first-order chi connectivity index (χ1) is 10.3. The SMILES string of the molecule is CCN(C(=O)C(C)Sc1ccccc1Br)C1CCS(=O)(=O)C1. The van der Waals surface area contributed by atoms with Crippen LogP contribution in [0, 0.1) is 0 Å². The molecule has 1 saturated heterocycles. The van der Waals surface area contributed by atoms with Gasteiger partial charge in [0.15, 0.2) is 9.84 Å². The Hall–Kier alpha value is -0.530. The monoisotopic (exact) mass is 405 g/mol. The lowest BCUT2D eigenvalue weighted by atomic mass is 10.2. The summed E-state index contributed by atoms with van der Waals surface area (Å²) in [4.78, 5) is 15.4. The number of hydrogen-bond donors (Lipinski definition) is 0. The van der Waals surface area contributed by atoms with E-state index in [0.717, 1.165) is 9.37 Å². The van der Waals surface area contributed by atoms with E-state index in [1.54, 1.807) is 4.90 Å². The van der Waals surface area contributed by atoms with Crippen LogP contribution in [0.2, 0.25) is 0 Å². The summed E-state index contributed by atoms with van der Waals surface area (Å²) in [5, 5.41) is -0.248. The first kappa shape index (κ1) is 17.8. The van der Waals surface area contributed by atoms with Crippen molar-refractivity contribution in [2.24, 2.45) is 0 Å². The molecule has 122 valence electrons. The Balaban J connectivity index is 2.07. The third-order valence-corrected chi connectivity index (χ3v) is 7.63. The lowest BCUT2D eigenvalue weighted by Gasteiger charge is -2.29. The van der Waals surface area contributed by atoms with Gasteiger partial charge in [0.05, 0.1) is 16.8 Å². The van der Waals surface area contributed by atoms with Crippen LogP contribution in [0.25, 0.3) is 0 Å². The number of sulfone groups is 1. The summed E-state index contributed by atoms with van der Waals surface area (Å²) in [7, 11) is -2.98. The van der Waals surface area contributed by atoms with Gasteiger partial charge in [0.1, 0.15) is 0 Å². The van der Waals surface area contributed by atoms with Crippen molar-refractivity contribution in [3.8, 4) is 0 Å². The summed E-state index contributed by atoms with van der Waals surface area (Å²) in [5.74, 6) is 0.289. The fourth-order valence-electron chi connectivity index (χ4n) is 2.63. The third kappa shape index (κ3) is 4.26. The van der Waals surface area contributed by atoms with E-state index in [2.05, 4.69) is 15.9 Å². The van der Waals surface area contributed by atoms with Gasteiger partial charge in [0, 0.05) is 22.0 Å². The standard InChI is InChI=1S/C15H20BrNO3S2/c1-3-17(12-8-9-22(19,20)10-12)15(18)11(2)21-14-7-5-4-6-13(14)16/h4-7,11-12H,3,8-10H2,1-2H3. The van der Waals surface area contributed by atoms with Gasteiger partial charge < -0.3 is 4.90 Å². The molecule has 0 spiro atoms. The molecule has 1 aromatic rings. The van der Waals surface area contributed by atoms with E-state index >= 15 is 0 Å². The first-order valence-corrected chi connectivity index (χ1v) is 10.8. The van der Waals surface area contributed by atoms with Crippen LogP contribution in [0.4, 0.5) is 0 Å². The number of thioether (sulfide) groups is 1. The van der Waals surface area contributed by atoms with Gasteiger partial charge in [-0.25, -0.2) is 8.42 Å². The molecule has 7 heteroatoms. The maximum Gasteiger partial charge on any atom is 0.236 e. The number of amides is 1. The molecule has 0 radical (unpaired) electrons. The summed E-state index contributed by atoms with van der Waals surface area (Å²) >= 11 is 4.98. The lowest BCUT2D eigenvalue weighted by Crippen LogP contribution is -2.44. The topological polar surface area (TPSA) is 54.5 Å². The molecule has 1 aromatic carbocycles. The van der Waals surface area contributed by atoms with Crippen molar-refractivity contribution >= 4 is 43.4 Å². The van der Waals surface area contributed by atoms with E-state index in [0.29, 0.717) is 13.0 Å². The molecular formula is C15H20BrNO3S2. The Kier molecular flexibility index (Phi) is 5.96. The van der Waals surface area contributed by atoms with Crippen LogP contribution < -0.4 is 0 Å². The first-order valence-electron chi connectivity index (χ1n) is 7.26. The van der Waals surface area contributed by atoms with Crippen LogP contribution >= 0.6 is 27.7 Å². The highest BCUT2D eigenvalue weighted by atomic mass is 79.9. The van der Waals surface area contributed by atoms with Crippen molar-refractivity contribution in [1.29, 1.82) is 0 Å². The molecule has 0 aromatic heterocycles. The van der Waals surface area contributed by atoms with Gasteiger partial charge in [0.25, 0.3) is 0 Å². The van der Waals surface area contributed by atoms with Crippen LogP contribution in [0.5, 0.6) is 0 Å². The fourth-order valence-corrected chi connectivity index (χ4v) is 5.88. The molecule has 0 N–H and O–H groups in total. The number of benzene rings is 1. The smallest absolute Gasteiger partial charge is 0.236 e. The fraction of sp³-hybridized carbons (Fsp3) is 0.533. The Bertz CT molecular complexity index is 648. The van der Waals surface area contributed by atoms with E-state index in [1.165, 1.54) is 11.8 Å². The Morgan fingerprint density at radius 3 is 2.68 bits per heavy atom. The second-order valence-electron chi connectivity index (χ2n) is 5.37. The molecule has 1 aliphatic heterocycles. The highest BCUT2D eigenvalue weighted by molar-refractivity contribution is 9.10. The van der Waals surface area contributed by atoms with E-state index < -0.39 is 9.84 Å². The summed E-state index contributed by atoms with van der Waals surface area (Å²) < 4.78 is 24.2. The minimum absolute atomic E-state index is 0.00496. The van der Waals surface area contributed by atoms with Crippen LogP contribution in [0.1, 0.15) is 20.3 Å². The van der Waals surface area contributed by atoms with Crippen molar-refractivity contribution in [2.75, 3.05) is 18.1 Å². The minimum Gasteiger partial charge on any atom is -0.338 e. The average Bonchev–Trinajstić information content (AvgIpc) is 2.82. The molecule has 4 nitrogen and oxygen atoms in total. The maximum absolute atomic E-state index is 12.7. The van der Waals surface area contributed by atoms with Crippen molar-refractivity contribution in [3.05, 3.63) is 28.7 Å². The van der Waals surface area contributed by atoms with Crippen molar-refractivity contribution in [3.63, 3.8) is 0 Å². The van der Waals surface area contributed by atoms with Crippen LogP contribution in [0.3, 0.4) is 0 Å². The predicted molar refractivity (Wildman–Crippen MR) is 93.9 cm³/mol. The molecule has 0 saturated carbocycles. The zero-order chi connectivity index (χ0) is 16.3. The second kappa shape index (κ2) is 7.36. The van der Waals surface area contributed by atoms with Gasteiger partial charge in [-0.3, -0.25) is 4.79 Å². The van der Waals surface area contributed by atoms with Crippen molar-refractivity contribution in [1.82, 2.24) is 4.90 Å². The Morgan fingerprint density at radius 1 is 1.45 bits per heavy atom. The molecule has 22 heavy (non-hydrogen) atoms. The van der Waals surface area contributed by atoms with E-state index in [4.69, 9.17) is 0 Å². The molecule has 0 aliphatic carbocycles. The predicted octanol–water partition coefficient (Wildman–Crippen LogP) is 2.97. The zero-order valence-electron chi connectivity index (χ0n) is 12.7. The Labute approximate surface area is 144 Å². The van der Waals surface area contributed by atoms with E-state index in [1.807, 2.05) is 38.1 Å². The van der Waals surface area contributed by atoms with Crippen molar-refractivity contribution < 1.29 is 13.2 Å². The molecule has 1 amide bonds. The molecule has 2 unspecified atom stereocenters. The number of carbonyl (C=O) groups is 1.